The zero-order valence-electron chi connectivity index (χ0n) is 20.2. The van der Waals surface area contributed by atoms with Gasteiger partial charge in [-0.2, -0.15) is 0 Å². The van der Waals surface area contributed by atoms with E-state index in [9.17, 15) is 0 Å². The number of benzene rings is 2. The zero-order chi connectivity index (χ0) is 24.0. The van der Waals surface area contributed by atoms with E-state index in [1.54, 1.807) is 6.20 Å². The summed E-state index contributed by atoms with van der Waals surface area (Å²) in [5.74, 6) is 1.32. The van der Waals surface area contributed by atoms with Crippen molar-refractivity contribution in [3.8, 4) is 17.0 Å². The molecule has 1 aliphatic heterocycles. The largest absolute Gasteiger partial charge is 0.491 e. The van der Waals surface area contributed by atoms with Crippen molar-refractivity contribution in [2.75, 3.05) is 63.6 Å². The Morgan fingerprint density at radius 3 is 2.54 bits per heavy atom. The van der Waals surface area contributed by atoms with Crippen molar-refractivity contribution in [1.82, 2.24) is 25.2 Å². The van der Waals surface area contributed by atoms with Gasteiger partial charge < -0.3 is 25.2 Å². The van der Waals surface area contributed by atoms with E-state index in [-0.39, 0.29) is 0 Å². The molecule has 180 valence electrons. The van der Waals surface area contributed by atoms with Gasteiger partial charge in [0.1, 0.15) is 12.4 Å². The van der Waals surface area contributed by atoms with Crippen LogP contribution in [0.25, 0.3) is 22.2 Å². The van der Waals surface area contributed by atoms with Crippen molar-refractivity contribution in [1.29, 1.82) is 0 Å². The molecule has 8 heteroatoms. The number of aromatic nitrogens is 3. The summed E-state index contributed by atoms with van der Waals surface area (Å²) in [6.07, 6.45) is 3.62. The fraction of sp³-hybridized carbons (Fsp3) is 0.296. The minimum absolute atomic E-state index is 0.559. The van der Waals surface area contributed by atoms with E-state index in [4.69, 9.17) is 9.72 Å². The van der Waals surface area contributed by atoms with E-state index in [2.05, 4.69) is 54.7 Å². The van der Waals surface area contributed by atoms with Gasteiger partial charge in [-0.1, -0.05) is 18.2 Å². The smallest absolute Gasteiger partial charge is 0.227 e. The van der Waals surface area contributed by atoms with Crippen LogP contribution in [-0.2, 0) is 0 Å². The lowest BCUT2D eigenvalue weighted by molar-refractivity contribution is 0.260. The first-order valence-corrected chi connectivity index (χ1v) is 12.0. The first kappa shape index (κ1) is 23.0. The first-order valence-electron chi connectivity index (χ1n) is 12.0. The van der Waals surface area contributed by atoms with Gasteiger partial charge in [0.2, 0.25) is 5.95 Å². The van der Waals surface area contributed by atoms with Crippen LogP contribution < -0.4 is 20.3 Å². The minimum Gasteiger partial charge on any atom is -0.491 e. The SMILES string of the molecule is CN(C)CCOc1ccc(-c2cccc3cnc(Nc4ccc(N5CCNCC5)cc4)nc23)nc1. The van der Waals surface area contributed by atoms with Crippen LogP contribution in [0.3, 0.4) is 0 Å². The van der Waals surface area contributed by atoms with E-state index in [0.717, 1.165) is 66.3 Å². The average molecular weight is 470 g/mol. The molecule has 0 bridgehead atoms. The lowest BCUT2D eigenvalue weighted by atomic mass is 10.1. The minimum atomic E-state index is 0.559. The Labute approximate surface area is 206 Å². The molecule has 8 nitrogen and oxygen atoms in total. The number of hydrogen-bond acceptors (Lipinski definition) is 8. The number of pyridine rings is 1. The maximum atomic E-state index is 5.78. The van der Waals surface area contributed by atoms with Crippen molar-refractivity contribution >= 4 is 28.2 Å². The summed E-state index contributed by atoms with van der Waals surface area (Å²) in [5.41, 5.74) is 4.86. The Balaban J connectivity index is 1.33. The van der Waals surface area contributed by atoms with E-state index in [1.807, 2.05) is 50.6 Å². The summed E-state index contributed by atoms with van der Waals surface area (Å²) < 4.78 is 5.78. The number of nitrogens with one attached hydrogen (secondary N) is 2. The molecular formula is C27H31N7O. The van der Waals surface area contributed by atoms with Gasteiger partial charge in [-0.15, -0.1) is 0 Å². The molecule has 35 heavy (non-hydrogen) atoms. The fourth-order valence-corrected chi connectivity index (χ4v) is 4.10. The lowest BCUT2D eigenvalue weighted by Crippen LogP contribution is -2.43. The van der Waals surface area contributed by atoms with Crippen molar-refractivity contribution in [2.45, 2.75) is 0 Å². The Kier molecular flexibility index (Phi) is 7.02. The lowest BCUT2D eigenvalue weighted by Gasteiger charge is -2.29. The molecule has 2 aromatic carbocycles. The summed E-state index contributed by atoms with van der Waals surface area (Å²) in [4.78, 5) is 18.5. The molecule has 0 atom stereocenters. The highest BCUT2D eigenvalue weighted by Gasteiger charge is 2.11. The average Bonchev–Trinajstić information content (AvgIpc) is 2.89. The van der Waals surface area contributed by atoms with Crippen molar-refractivity contribution in [3.05, 3.63) is 67.0 Å². The number of piperazine rings is 1. The third kappa shape index (κ3) is 5.67. The summed E-state index contributed by atoms with van der Waals surface area (Å²) in [7, 11) is 4.05. The molecule has 5 rings (SSSR count). The van der Waals surface area contributed by atoms with Crippen LogP contribution in [0.4, 0.5) is 17.3 Å². The van der Waals surface area contributed by atoms with Crippen molar-refractivity contribution in [3.63, 3.8) is 0 Å². The molecule has 0 saturated carbocycles. The van der Waals surface area contributed by atoms with Gasteiger partial charge >= 0.3 is 0 Å². The Morgan fingerprint density at radius 2 is 1.80 bits per heavy atom. The van der Waals surface area contributed by atoms with Gasteiger partial charge in [-0.3, -0.25) is 4.98 Å². The van der Waals surface area contributed by atoms with E-state index in [1.165, 1.54) is 5.69 Å². The standard InChI is InChI=1S/C27H31N7O/c1-33(2)16-17-35-23-10-11-25(29-19-23)24-5-3-4-20-18-30-27(32-26(20)24)31-21-6-8-22(9-7-21)34-14-12-28-13-15-34/h3-11,18-19,28H,12-17H2,1-2H3,(H,30,31,32). The zero-order valence-corrected chi connectivity index (χ0v) is 20.2. The first-order chi connectivity index (χ1) is 17.2. The van der Waals surface area contributed by atoms with Gasteiger partial charge in [0.05, 0.1) is 17.4 Å². The van der Waals surface area contributed by atoms with Crippen LogP contribution in [-0.4, -0.2) is 73.3 Å². The third-order valence-electron chi connectivity index (χ3n) is 6.04. The highest BCUT2D eigenvalue weighted by Crippen LogP contribution is 2.28. The second-order valence-corrected chi connectivity index (χ2v) is 8.88. The van der Waals surface area contributed by atoms with Gasteiger partial charge in [0.25, 0.3) is 0 Å². The summed E-state index contributed by atoms with van der Waals surface area (Å²) >= 11 is 0. The van der Waals surface area contributed by atoms with Crippen LogP contribution in [0.2, 0.25) is 0 Å². The molecule has 0 radical (unpaired) electrons. The fourth-order valence-electron chi connectivity index (χ4n) is 4.10. The highest BCUT2D eigenvalue weighted by molar-refractivity contribution is 5.93. The number of para-hydroxylation sites is 1. The summed E-state index contributed by atoms with van der Waals surface area (Å²) in [6, 6.07) is 18.4. The van der Waals surface area contributed by atoms with Crippen LogP contribution in [0, 0.1) is 0 Å². The maximum Gasteiger partial charge on any atom is 0.227 e. The Bertz CT molecular complexity index is 1250. The number of likely N-dealkylation sites (N-methyl/N-ethyl adjacent to an activating group) is 1. The van der Waals surface area contributed by atoms with Crippen LogP contribution in [0.5, 0.6) is 5.75 Å². The van der Waals surface area contributed by atoms with Crippen molar-refractivity contribution < 1.29 is 4.74 Å². The molecule has 0 unspecified atom stereocenters. The predicted octanol–water partition coefficient (Wildman–Crippen LogP) is 3.79. The van der Waals surface area contributed by atoms with Crippen LogP contribution >= 0.6 is 0 Å². The number of fused-ring (bicyclic) bond motifs is 1. The molecule has 1 aliphatic rings. The van der Waals surface area contributed by atoms with Gasteiger partial charge in [-0.05, 0) is 50.5 Å². The second-order valence-electron chi connectivity index (χ2n) is 8.88. The van der Waals surface area contributed by atoms with Crippen LogP contribution in [0.1, 0.15) is 0 Å². The number of hydrogen-bond donors (Lipinski definition) is 2. The molecule has 3 heterocycles. The van der Waals surface area contributed by atoms with Gasteiger partial charge in [0.15, 0.2) is 0 Å². The normalized spacial score (nSPS) is 13.9. The van der Waals surface area contributed by atoms with E-state index in [0.29, 0.717) is 12.6 Å². The molecule has 0 spiro atoms. The number of rotatable bonds is 8. The molecule has 4 aromatic rings. The monoisotopic (exact) mass is 469 g/mol. The van der Waals surface area contributed by atoms with Crippen LogP contribution in [0.15, 0.2) is 67.0 Å². The topological polar surface area (TPSA) is 78.4 Å². The quantitative estimate of drug-likeness (QED) is 0.404. The third-order valence-corrected chi connectivity index (χ3v) is 6.04. The maximum absolute atomic E-state index is 5.78. The predicted molar refractivity (Wildman–Crippen MR) is 142 cm³/mol. The molecule has 1 saturated heterocycles. The summed E-state index contributed by atoms with van der Waals surface area (Å²) in [5, 5.41) is 7.71. The molecule has 2 N–H and O–H groups in total. The summed E-state index contributed by atoms with van der Waals surface area (Å²) in [6.45, 7) is 5.58. The molecule has 2 aromatic heterocycles. The van der Waals surface area contributed by atoms with Gasteiger partial charge in [0, 0.05) is 61.2 Å². The Hall–Kier alpha value is -3.75. The van der Waals surface area contributed by atoms with Gasteiger partial charge in [-0.25, -0.2) is 9.97 Å². The Morgan fingerprint density at radius 1 is 0.971 bits per heavy atom. The van der Waals surface area contributed by atoms with E-state index >= 15 is 0 Å². The number of ether oxygens (including phenoxy) is 1. The second kappa shape index (κ2) is 10.7. The number of nitrogens with zero attached hydrogens (tertiary/aromatic N) is 5. The molecule has 0 aliphatic carbocycles. The van der Waals surface area contributed by atoms with E-state index < -0.39 is 0 Å². The molecule has 0 amide bonds. The molecule has 1 fully saturated rings. The highest BCUT2D eigenvalue weighted by atomic mass is 16.5. The van der Waals surface area contributed by atoms with Crippen molar-refractivity contribution in [2.24, 2.45) is 0 Å². The molecular weight excluding hydrogens is 438 g/mol. The number of anilines is 3.